The van der Waals surface area contributed by atoms with E-state index in [0.29, 0.717) is 35.4 Å². The Morgan fingerprint density at radius 1 is 1.12 bits per heavy atom. The molecule has 3 heterocycles. The van der Waals surface area contributed by atoms with Gasteiger partial charge in [-0.15, -0.1) is 0 Å². The number of hydrogen-bond donors (Lipinski definition) is 2. The fraction of sp³-hybridized carbons (Fsp3) is 0.680. The second-order valence-corrected chi connectivity index (χ2v) is 10.8. The average molecular weight is 474 g/mol. The monoisotopic (exact) mass is 473 g/mol. The molecule has 2 saturated heterocycles. The third-order valence-electron chi connectivity index (χ3n) is 6.48. The van der Waals surface area contributed by atoms with Gasteiger partial charge in [-0.1, -0.05) is 6.92 Å². The van der Waals surface area contributed by atoms with E-state index in [-0.39, 0.29) is 6.04 Å². The van der Waals surface area contributed by atoms with Crippen LogP contribution in [0.25, 0.3) is 0 Å². The van der Waals surface area contributed by atoms with Crippen LogP contribution < -0.4 is 10.6 Å². The van der Waals surface area contributed by atoms with Crippen molar-refractivity contribution in [1.29, 1.82) is 0 Å². The lowest BCUT2D eigenvalue weighted by Gasteiger charge is -2.45. The van der Waals surface area contributed by atoms with Gasteiger partial charge in [0.05, 0.1) is 11.9 Å². The van der Waals surface area contributed by atoms with E-state index >= 15 is 0 Å². The largest absolute Gasteiger partial charge is 0.444 e. The number of amides is 3. The van der Waals surface area contributed by atoms with Crippen molar-refractivity contribution in [2.24, 2.45) is 11.8 Å². The van der Waals surface area contributed by atoms with Gasteiger partial charge in [0.2, 0.25) is 0 Å². The number of hydrogen-bond acceptors (Lipinski definition) is 6. The molecule has 188 valence electrons. The number of aryl methyl sites for hydroxylation is 1. The maximum Gasteiger partial charge on any atom is 0.413 e. The van der Waals surface area contributed by atoms with Gasteiger partial charge in [-0.05, 0) is 90.4 Å². The van der Waals surface area contributed by atoms with Crippen LogP contribution in [0.2, 0.25) is 0 Å². The van der Waals surface area contributed by atoms with E-state index in [1.165, 1.54) is 6.20 Å². The molecule has 34 heavy (non-hydrogen) atoms. The molecule has 1 aromatic heterocycles. The smallest absolute Gasteiger partial charge is 0.413 e. The molecule has 2 aliphatic heterocycles. The minimum atomic E-state index is -0.655. The van der Waals surface area contributed by atoms with Gasteiger partial charge in [0, 0.05) is 19.1 Å². The second-order valence-electron chi connectivity index (χ2n) is 10.8. The molecule has 2 fully saturated rings. The molecule has 9 nitrogen and oxygen atoms in total. The lowest BCUT2D eigenvalue weighted by Crippen LogP contribution is -2.55. The molecule has 2 N–H and O–H groups in total. The van der Waals surface area contributed by atoms with Gasteiger partial charge in [-0.3, -0.25) is 14.9 Å². The average Bonchev–Trinajstić information content (AvgIpc) is 2.73. The van der Waals surface area contributed by atoms with Crippen molar-refractivity contribution in [3.05, 3.63) is 17.8 Å². The zero-order chi connectivity index (χ0) is 25.0. The highest BCUT2D eigenvalue weighted by Gasteiger charge is 2.38. The molecule has 2 aliphatic rings. The highest BCUT2D eigenvalue weighted by atomic mass is 16.6. The normalized spacial score (nSPS) is 23.8. The molecule has 0 spiro atoms. The molecule has 3 amide bonds. The predicted octanol–water partition coefficient (Wildman–Crippen LogP) is 3.64. The topological polar surface area (TPSA) is 104 Å². The summed E-state index contributed by atoms with van der Waals surface area (Å²) in [4.78, 5) is 46.5. The Labute approximate surface area is 202 Å². The van der Waals surface area contributed by atoms with Crippen molar-refractivity contribution in [1.82, 2.24) is 14.8 Å². The highest BCUT2D eigenvalue weighted by Crippen LogP contribution is 2.31. The zero-order valence-electron chi connectivity index (χ0n) is 21.3. The van der Waals surface area contributed by atoms with E-state index in [1.54, 1.807) is 38.7 Å². The molecule has 0 aliphatic carbocycles. The number of carbonyl (C=O) groups is 3. The minimum absolute atomic E-state index is 0.0949. The summed E-state index contributed by atoms with van der Waals surface area (Å²) in [6, 6.07) is 1.77. The molecule has 0 radical (unpaired) electrons. The third-order valence-corrected chi connectivity index (χ3v) is 6.48. The van der Waals surface area contributed by atoms with E-state index in [4.69, 9.17) is 4.74 Å². The van der Waals surface area contributed by atoms with Crippen LogP contribution in [0.5, 0.6) is 0 Å². The van der Waals surface area contributed by atoms with Crippen LogP contribution in [0.15, 0.2) is 12.3 Å². The molecular weight excluding hydrogens is 434 g/mol. The number of piperidine rings is 2. The first kappa shape index (κ1) is 25.9. The molecule has 0 unspecified atom stereocenters. The van der Waals surface area contributed by atoms with Gasteiger partial charge in [-0.2, -0.15) is 0 Å². The summed E-state index contributed by atoms with van der Waals surface area (Å²) >= 11 is 0. The number of ether oxygens (including phenoxy) is 1. The predicted molar refractivity (Wildman–Crippen MR) is 132 cm³/mol. The van der Waals surface area contributed by atoms with Gasteiger partial charge < -0.3 is 19.9 Å². The summed E-state index contributed by atoms with van der Waals surface area (Å²) in [5.74, 6) is -0.0396. The number of likely N-dealkylation sites (tertiary alicyclic amines) is 2. The fourth-order valence-electron chi connectivity index (χ4n) is 4.91. The van der Waals surface area contributed by atoms with Gasteiger partial charge in [0.25, 0.3) is 0 Å². The van der Waals surface area contributed by atoms with Gasteiger partial charge in [0.1, 0.15) is 11.4 Å². The summed E-state index contributed by atoms with van der Waals surface area (Å²) < 4.78 is 5.25. The second kappa shape index (κ2) is 10.7. The summed E-state index contributed by atoms with van der Waals surface area (Å²) in [7, 11) is 2.12. The SMILES string of the molecule is Cc1cc(NC(=O)C(=O)N2C[C@@H](C)CC[C@@H]2[C@@H]2CCCN(C)C2)cnc1NC(=O)OC(C)(C)C. The van der Waals surface area contributed by atoms with Gasteiger partial charge in [-0.25, -0.2) is 9.78 Å². The van der Waals surface area contributed by atoms with Crippen molar-refractivity contribution < 1.29 is 19.1 Å². The van der Waals surface area contributed by atoms with Crippen LogP contribution >= 0.6 is 0 Å². The fourth-order valence-corrected chi connectivity index (χ4v) is 4.91. The quantitative estimate of drug-likeness (QED) is 0.650. The van der Waals surface area contributed by atoms with Crippen LogP contribution in [0.1, 0.15) is 58.9 Å². The lowest BCUT2D eigenvalue weighted by molar-refractivity contribution is -0.148. The molecule has 9 heteroatoms. The number of rotatable bonds is 3. The molecule has 3 atom stereocenters. The van der Waals surface area contributed by atoms with Crippen molar-refractivity contribution in [2.75, 3.05) is 37.3 Å². The van der Waals surface area contributed by atoms with Crippen LogP contribution in [0.4, 0.5) is 16.3 Å². The highest BCUT2D eigenvalue weighted by molar-refractivity contribution is 6.39. The van der Waals surface area contributed by atoms with E-state index in [2.05, 4.69) is 34.5 Å². The van der Waals surface area contributed by atoms with Crippen molar-refractivity contribution in [3.8, 4) is 0 Å². The maximum atomic E-state index is 13.2. The number of anilines is 2. The molecule has 0 aromatic carbocycles. The zero-order valence-corrected chi connectivity index (χ0v) is 21.3. The first-order valence-electron chi connectivity index (χ1n) is 12.2. The van der Waals surface area contributed by atoms with Crippen LogP contribution in [-0.2, 0) is 14.3 Å². The number of nitrogens with one attached hydrogen (secondary N) is 2. The Morgan fingerprint density at radius 3 is 2.50 bits per heavy atom. The Hall–Kier alpha value is -2.68. The van der Waals surface area contributed by atoms with Crippen molar-refractivity contribution in [3.63, 3.8) is 0 Å². The number of pyridine rings is 1. The standard InChI is InChI=1S/C25H39N5O4/c1-16-9-10-20(18-8-7-11-29(6)15-18)30(14-16)23(32)22(31)27-19-12-17(2)21(26-13-19)28-24(33)34-25(3,4)5/h12-13,16,18,20H,7-11,14-15H2,1-6H3,(H,27,31)(H,26,28,33)/t16-,18+,20+/m0/s1. The third kappa shape index (κ3) is 6.91. The Balaban J connectivity index is 1.66. The Morgan fingerprint density at radius 2 is 1.85 bits per heavy atom. The van der Waals surface area contributed by atoms with E-state index < -0.39 is 23.5 Å². The first-order valence-corrected chi connectivity index (χ1v) is 12.2. The van der Waals surface area contributed by atoms with Crippen molar-refractivity contribution >= 4 is 29.4 Å². The van der Waals surface area contributed by atoms with Crippen LogP contribution in [0.3, 0.4) is 0 Å². The number of nitrogens with zero attached hydrogens (tertiary/aromatic N) is 3. The number of carbonyl (C=O) groups excluding carboxylic acids is 3. The van der Waals surface area contributed by atoms with Crippen LogP contribution in [0, 0.1) is 18.8 Å². The summed E-state index contributed by atoms with van der Waals surface area (Å²) in [5, 5.41) is 5.31. The molecule has 0 saturated carbocycles. The minimum Gasteiger partial charge on any atom is -0.444 e. The Bertz CT molecular complexity index is 913. The van der Waals surface area contributed by atoms with E-state index in [9.17, 15) is 14.4 Å². The maximum absolute atomic E-state index is 13.2. The van der Waals surface area contributed by atoms with E-state index in [0.717, 1.165) is 38.8 Å². The molecule has 0 bridgehead atoms. The van der Waals surface area contributed by atoms with E-state index in [1.807, 2.05) is 0 Å². The van der Waals surface area contributed by atoms with Crippen LogP contribution in [-0.4, -0.2) is 71.0 Å². The first-order chi connectivity index (χ1) is 15.9. The number of aromatic nitrogens is 1. The summed E-state index contributed by atoms with van der Waals surface area (Å²) in [6.45, 7) is 11.9. The molecule has 3 rings (SSSR count). The summed E-state index contributed by atoms with van der Waals surface area (Å²) in [6.07, 6.45) is 5.04. The Kier molecular flexibility index (Phi) is 8.17. The molecule has 1 aromatic rings. The van der Waals surface area contributed by atoms with Gasteiger partial charge in [0.15, 0.2) is 0 Å². The van der Waals surface area contributed by atoms with Crippen molar-refractivity contribution in [2.45, 2.75) is 71.9 Å². The summed E-state index contributed by atoms with van der Waals surface area (Å²) in [5.41, 5.74) is 0.429. The lowest BCUT2D eigenvalue weighted by atomic mass is 9.82. The molecular formula is C25H39N5O4. The van der Waals surface area contributed by atoms with Gasteiger partial charge >= 0.3 is 17.9 Å².